The normalized spacial score (nSPS) is 24.9. The van der Waals surface area contributed by atoms with E-state index in [0.717, 1.165) is 0 Å². The SMILES string of the molecule is O=C(C1=C(O)c2cc(F)cc(F)c2C1)C1(C(F)(F)F)C(F)(F)C(F)(F)C(F)(F)C1(F)F. The van der Waals surface area contributed by atoms with E-state index >= 15 is 0 Å². The van der Waals surface area contributed by atoms with Crippen molar-refractivity contribution in [2.24, 2.45) is 5.41 Å². The molecule has 1 aromatic rings. The van der Waals surface area contributed by atoms with Crippen LogP contribution in [-0.4, -0.2) is 40.8 Å². The molecular weight excluding hydrogens is 471 g/mol. The Morgan fingerprint density at radius 2 is 1.29 bits per heavy atom. The Hall–Kier alpha value is -2.48. The number of alkyl halides is 11. The topological polar surface area (TPSA) is 37.3 Å². The summed E-state index contributed by atoms with van der Waals surface area (Å²) in [6.45, 7) is 0. The molecule has 15 heteroatoms. The summed E-state index contributed by atoms with van der Waals surface area (Å²) in [5, 5.41) is 9.79. The van der Waals surface area contributed by atoms with Crippen LogP contribution >= 0.6 is 0 Å². The molecule has 1 fully saturated rings. The number of ketones is 1. The monoisotopic (exact) mass is 476 g/mol. The number of aliphatic hydroxyl groups is 1. The summed E-state index contributed by atoms with van der Waals surface area (Å²) in [5.41, 5.74) is -11.4. The standard InChI is InChI=1S/C16H5F13O2/c17-4-1-6-5(8(18)2-4)3-7(9(6)30)10(31)11(16(27,28)29)12(19,20)14(23,24)15(25,26)13(11,21)22/h1-2,30H,3H2. The highest BCUT2D eigenvalue weighted by molar-refractivity contribution is 6.09. The third-order valence-corrected chi connectivity index (χ3v) is 5.22. The van der Waals surface area contributed by atoms with Gasteiger partial charge in [0, 0.05) is 29.2 Å². The molecule has 1 aromatic carbocycles. The number of hydrogen-bond donors (Lipinski definition) is 1. The second-order valence-corrected chi connectivity index (χ2v) is 6.79. The lowest BCUT2D eigenvalue weighted by Gasteiger charge is -2.38. The van der Waals surface area contributed by atoms with Crippen molar-refractivity contribution in [2.45, 2.75) is 36.3 Å². The molecule has 0 aromatic heterocycles. The summed E-state index contributed by atoms with van der Waals surface area (Å²) >= 11 is 0. The predicted octanol–water partition coefficient (Wildman–Crippen LogP) is 5.46. The zero-order valence-electron chi connectivity index (χ0n) is 14.1. The highest BCUT2D eigenvalue weighted by Crippen LogP contribution is 2.76. The molecule has 0 spiro atoms. The Labute approximate surface area is 161 Å². The van der Waals surface area contributed by atoms with Gasteiger partial charge in [0.05, 0.1) is 0 Å². The minimum atomic E-state index is -7.42. The van der Waals surface area contributed by atoms with E-state index in [-0.39, 0.29) is 12.1 Å². The molecule has 31 heavy (non-hydrogen) atoms. The summed E-state index contributed by atoms with van der Waals surface area (Å²) in [7, 11) is 0. The third-order valence-electron chi connectivity index (χ3n) is 5.22. The molecule has 3 rings (SSSR count). The van der Waals surface area contributed by atoms with Crippen molar-refractivity contribution >= 4 is 11.5 Å². The number of carbonyl (C=O) groups excluding carboxylic acids is 1. The van der Waals surface area contributed by atoms with Crippen LogP contribution < -0.4 is 0 Å². The van der Waals surface area contributed by atoms with Gasteiger partial charge in [-0.1, -0.05) is 0 Å². The molecule has 2 aliphatic carbocycles. The average Bonchev–Trinajstić information content (AvgIpc) is 2.92. The van der Waals surface area contributed by atoms with Crippen LogP contribution in [0.4, 0.5) is 57.1 Å². The molecule has 0 amide bonds. The van der Waals surface area contributed by atoms with Gasteiger partial charge in [-0.15, -0.1) is 0 Å². The van der Waals surface area contributed by atoms with Gasteiger partial charge in [-0.25, -0.2) is 8.78 Å². The van der Waals surface area contributed by atoms with Crippen LogP contribution in [0, 0.1) is 17.0 Å². The van der Waals surface area contributed by atoms with Gasteiger partial charge < -0.3 is 5.11 Å². The first-order valence-electron chi connectivity index (χ1n) is 7.75. The first-order chi connectivity index (χ1) is 13.7. The Bertz CT molecular complexity index is 993. The van der Waals surface area contributed by atoms with Crippen molar-refractivity contribution in [3.63, 3.8) is 0 Å². The molecular formula is C16H5F13O2. The van der Waals surface area contributed by atoms with Gasteiger partial charge in [0.15, 0.2) is 5.78 Å². The fourth-order valence-electron chi connectivity index (χ4n) is 3.66. The van der Waals surface area contributed by atoms with Crippen LogP contribution in [-0.2, 0) is 11.2 Å². The summed E-state index contributed by atoms with van der Waals surface area (Å²) in [6, 6.07) is 0.225. The molecule has 0 atom stereocenters. The summed E-state index contributed by atoms with van der Waals surface area (Å²) in [6.07, 6.45) is -9.10. The van der Waals surface area contributed by atoms with E-state index in [4.69, 9.17) is 0 Å². The van der Waals surface area contributed by atoms with Gasteiger partial charge in [0.25, 0.3) is 5.41 Å². The van der Waals surface area contributed by atoms with Crippen LogP contribution in [0.1, 0.15) is 11.1 Å². The van der Waals surface area contributed by atoms with Gasteiger partial charge in [0.1, 0.15) is 17.4 Å². The number of fused-ring (bicyclic) bond motifs is 1. The molecule has 172 valence electrons. The van der Waals surface area contributed by atoms with Crippen molar-refractivity contribution in [2.75, 3.05) is 0 Å². The highest BCUT2D eigenvalue weighted by Gasteiger charge is 3.06. The average molecular weight is 476 g/mol. The predicted molar refractivity (Wildman–Crippen MR) is 72.9 cm³/mol. The Morgan fingerprint density at radius 3 is 1.71 bits per heavy atom. The minimum Gasteiger partial charge on any atom is -0.507 e. The van der Waals surface area contributed by atoms with Gasteiger partial charge in [0.2, 0.25) is 0 Å². The van der Waals surface area contributed by atoms with Crippen molar-refractivity contribution < 1.29 is 67.0 Å². The largest absolute Gasteiger partial charge is 0.507 e. The number of rotatable bonds is 2. The molecule has 0 aliphatic heterocycles. The molecule has 1 N–H and O–H groups in total. The van der Waals surface area contributed by atoms with Crippen molar-refractivity contribution in [3.05, 3.63) is 40.5 Å². The van der Waals surface area contributed by atoms with Gasteiger partial charge in [-0.05, 0) is 6.07 Å². The number of halogens is 13. The Morgan fingerprint density at radius 1 is 0.839 bits per heavy atom. The lowest BCUT2D eigenvalue weighted by Crippen LogP contribution is -2.65. The van der Waals surface area contributed by atoms with Crippen LogP contribution in [0.5, 0.6) is 0 Å². The fraction of sp³-hybridized carbons (Fsp3) is 0.438. The maximum atomic E-state index is 14.1. The van der Waals surface area contributed by atoms with E-state index in [1.54, 1.807) is 0 Å². The molecule has 0 unspecified atom stereocenters. The molecule has 0 heterocycles. The quantitative estimate of drug-likeness (QED) is 0.576. The van der Waals surface area contributed by atoms with E-state index in [1.165, 1.54) is 0 Å². The van der Waals surface area contributed by atoms with Crippen LogP contribution in [0.15, 0.2) is 17.7 Å². The summed E-state index contributed by atoms with van der Waals surface area (Å²) in [4.78, 5) is 12.3. The summed E-state index contributed by atoms with van der Waals surface area (Å²) in [5.74, 6) is -38.4. The van der Waals surface area contributed by atoms with Gasteiger partial charge in [-0.2, -0.15) is 48.3 Å². The van der Waals surface area contributed by atoms with Crippen LogP contribution in [0.2, 0.25) is 0 Å². The number of benzene rings is 1. The van der Waals surface area contributed by atoms with Gasteiger partial charge >= 0.3 is 29.9 Å². The van der Waals surface area contributed by atoms with E-state index in [1.807, 2.05) is 0 Å². The first kappa shape index (κ1) is 23.2. The number of Topliss-reactive ketones (excluding diaryl/α,β-unsaturated/α-hetero) is 1. The number of aliphatic hydroxyl groups excluding tert-OH is 1. The summed E-state index contributed by atoms with van der Waals surface area (Å²) < 4.78 is 178. The second-order valence-electron chi connectivity index (χ2n) is 6.79. The highest BCUT2D eigenvalue weighted by atomic mass is 19.4. The number of allylic oxidation sites excluding steroid dienone is 1. The molecule has 2 aliphatic rings. The van der Waals surface area contributed by atoms with Gasteiger partial charge in [-0.3, -0.25) is 4.79 Å². The Kier molecular flexibility index (Phi) is 4.38. The molecule has 2 nitrogen and oxygen atoms in total. The molecule has 0 saturated heterocycles. The number of carbonyl (C=O) groups is 1. The molecule has 1 saturated carbocycles. The smallest absolute Gasteiger partial charge is 0.414 e. The fourth-order valence-corrected chi connectivity index (χ4v) is 3.66. The van der Waals surface area contributed by atoms with E-state index in [2.05, 4.69) is 0 Å². The van der Waals surface area contributed by atoms with Crippen molar-refractivity contribution in [3.8, 4) is 0 Å². The zero-order valence-corrected chi connectivity index (χ0v) is 14.1. The maximum absolute atomic E-state index is 14.1. The van der Waals surface area contributed by atoms with Crippen LogP contribution in [0.25, 0.3) is 5.76 Å². The van der Waals surface area contributed by atoms with Crippen molar-refractivity contribution in [1.29, 1.82) is 0 Å². The van der Waals surface area contributed by atoms with E-state index in [0.29, 0.717) is 0 Å². The van der Waals surface area contributed by atoms with Crippen LogP contribution in [0.3, 0.4) is 0 Å². The van der Waals surface area contributed by atoms with Crippen molar-refractivity contribution in [1.82, 2.24) is 0 Å². The lowest BCUT2D eigenvalue weighted by atomic mass is 9.72. The minimum absolute atomic E-state index is 0.0557. The maximum Gasteiger partial charge on any atom is 0.414 e. The first-order valence-corrected chi connectivity index (χ1v) is 7.75. The molecule has 0 bridgehead atoms. The molecule has 0 radical (unpaired) electrons. The zero-order chi connectivity index (χ0) is 24.2. The van der Waals surface area contributed by atoms with E-state index < -0.39 is 81.6 Å². The van der Waals surface area contributed by atoms with E-state index in [9.17, 15) is 67.0 Å². The Balaban J connectivity index is 2.37. The lowest BCUT2D eigenvalue weighted by molar-refractivity contribution is -0.341. The second kappa shape index (κ2) is 5.85. The third kappa shape index (κ3) is 2.24. The number of hydrogen-bond acceptors (Lipinski definition) is 2.